The second kappa shape index (κ2) is 6.89. The van der Waals surface area contributed by atoms with Crippen molar-refractivity contribution in [2.45, 2.75) is 6.17 Å². The van der Waals surface area contributed by atoms with E-state index in [9.17, 15) is 9.18 Å². The summed E-state index contributed by atoms with van der Waals surface area (Å²) in [6, 6.07) is 14.7. The minimum absolute atomic E-state index is 0.181. The lowest BCUT2D eigenvalue weighted by atomic mass is 10.2. The number of aromatic nitrogens is 1. The topological polar surface area (TPSA) is 54.5 Å². The van der Waals surface area contributed by atoms with Gasteiger partial charge >= 0.3 is 0 Å². The fourth-order valence-corrected chi connectivity index (χ4v) is 3.30. The van der Waals surface area contributed by atoms with Crippen LogP contribution in [0.15, 0.2) is 60.8 Å². The summed E-state index contributed by atoms with van der Waals surface area (Å²) in [5.74, 6) is 0.0738. The van der Waals surface area contributed by atoms with Gasteiger partial charge in [-0.1, -0.05) is 11.6 Å². The molecule has 27 heavy (non-hydrogen) atoms. The highest BCUT2D eigenvalue weighted by Gasteiger charge is 2.39. The molecule has 1 aromatic heterocycles. The molecule has 2 heterocycles. The fraction of sp³-hybridized carbons (Fsp3) is 0.100. The van der Waals surface area contributed by atoms with Crippen molar-refractivity contribution in [3.05, 3.63) is 82.9 Å². The van der Waals surface area contributed by atoms with Crippen molar-refractivity contribution in [2.24, 2.45) is 0 Å². The van der Waals surface area contributed by atoms with Gasteiger partial charge in [-0.15, -0.1) is 0 Å². The molecule has 1 N–H and O–H groups in total. The first-order valence-electron chi connectivity index (χ1n) is 8.22. The quantitative estimate of drug-likeness (QED) is 0.712. The van der Waals surface area contributed by atoms with E-state index in [1.165, 1.54) is 18.2 Å². The largest absolute Gasteiger partial charge is 0.497 e. The van der Waals surface area contributed by atoms with Crippen LogP contribution in [-0.2, 0) is 0 Å². The fourth-order valence-electron chi connectivity index (χ4n) is 3.08. The zero-order valence-corrected chi connectivity index (χ0v) is 15.1. The minimum atomic E-state index is -0.579. The molecule has 0 aliphatic carbocycles. The molecule has 0 bridgehead atoms. The average Bonchev–Trinajstić information content (AvgIpc) is 2.96. The molecule has 1 aliphatic rings. The third kappa shape index (κ3) is 3.08. The molecule has 2 aromatic carbocycles. The first kappa shape index (κ1) is 17.3. The summed E-state index contributed by atoms with van der Waals surface area (Å²) in [6.07, 6.45) is 1.05. The van der Waals surface area contributed by atoms with Crippen molar-refractivity contribution in [3.8, 4) is 5.75 Å². The van der Waals surface area contributed by atoms with Gasteiger partial charge in [-0.25, -0.2) is 4.39 Å². The van der Waals surface area contributed by atoms with Crippen molar-refractivity contribution in [3.63, 3.8) is 0 Å². The number of anilines is 2. The molecular formula is C20H15ClFN3O2. The maximum atomic E-state index is 13.4. The number of amides is 1. The maximum Gasteiger partial charge on any atom is 0.262 e. The van der Waals surface area contributed by atoms with Gasteiger partial charge in [-0.05, 0) is 54.6 Å². The number of nitrogens with zero attached hydrogens (tertiary/aromatic N) is 2. The number of fused-ring (bicyclic) bond motifs is 1. The summed E-state index contributed by atoms with van der Waals surface area (Å²) in [6.45, 7) is 0. The van der Waals surface area contributed by atoms with E-state index in [-0.39, 0.29) is 10.9 Å². The third-order valence-corrected chi connectivity index (χ3v) is 4.69. The number of nitrogens with one attached hydrogen (secondary N) is 1. The maximum absolute atomic E-state index is 13.4. The van der Waals surface area contributed by atoms with Crippen molar-refractivity contribution in [1.82, 2.24) is 4.98 Å². The van der Waals surface area contributed by atoms with Crippen LogP contribution in [0.5, 0.6) is 5.75 Å². The van der Waals surface area contributed by atoms with Crippen LogP contribution < -0.4 is 15.0 Å². The van der Waals surface area contributed by atoms with Gasteiger partial charge in [0.25, 0.3) is 5.91 Å². The van der Waals surface area contributed by atoms with Crippen molar-refractivity contribution in [1.29, 1.82) is 0 Å². The monoisotopic (exact) mass is 383 g/mol. The van der Waals surface area contributed by atoms with Crippen LogP contribution >= 0.6 is 11.6 Å². The number of hydrogen-bond donors (Lipinski definition) is 1. The van der Waals surface area contributed by atoms with Gasteiger partial charge in [0.1, 0.15) is 11.6 Å². The number of halogens is 2. The van der Waals surface area contributed by atoms with Crippen molar-refractivity contribution < 1.29 is 13.9 Å². The Morgan fingerprint density at radius 1 is 1.19 bits per heavy atom. The molecule has 1 aliphatic heterocycles. The van der Waals surface area contributed by atoms with Gasteiger partial charge in [-0.2, -0.15) is 0 Å². The van der Waals surface area contributed by atoms with Crippen LogP contribution in [-0.4, -0.2) is 18.0 Å². The molecule has 5 nitrogen and oxygen atoms in total. The van der Waals surface area contributed by atoms with E-state index >= 15 is 0 Å². The third-order valence-electron chi connectivity index (χ3n) is 4.38. The minimum Gasteiger partial charge on any atom is -0.497 e. The number of ether oxygens (including phenoxy) is 1. The summed E-state index contributed by atoms with van der Waals surface area (Å²) >= 11 is 6.16. The van der Waals surface area contributed by atoms with Gasteiger partial charge < -0.3 is 10.1 Å². The molecule has 3 aromatic rings. The zero-order valence-electron chi connectivity index (χ0n) is 14.3. The van der Waals surface area contributed by atoms with Crippen molar-refractivity contribution >= 4 is 28.9 Å². The van der Waals surface area contributed by atoms with E-state index in [0.29, 0.717) is 28.4 Å². The molecule has 1 amide bonds. The lowest BCUT2D eigenvalue weighted by molar-refractivity contribution is 0.0993. The first-order chi connectivity index (χ1) is 13.1. The summed E-state index contributed by atoms with van der Waals surface area (Å²) in [5.41, 5.74) is 2.27. The predicted molar refractivity (Wildman–Crippen MR) is 102 cm³/mol. The second-order valence-electron chi connectivity index (χ2n) is 5.98. The smallest absolute Gasteiger partial charge is 0.262 e. The predicted octanol–water partition coefficient (Wildman–Crippen LogP) is 4.65. The van der Waals surface area contributed by atoms with Gasteiger partial charge in [0.2, 0.25) is 0 Å². The van der Waals surface area contributed by atoms with Crippen LogP contribution in [0.4, 0.5) is 15.8 Å². The molecule has 4 rings (SSSR count). The molecule has 136 valence electrons. The normalized spacial score (nSPS) is 15.6. The van der Waals surface area contributed by atoms with Crippen LogP contribution in [0.3, 0.4) is 0 Å². The highest BCUT2D eigenvalue weighted by Crippen LogP contribution is 2.38. The van der Waals surface area contributed by atoms with E-state index in [2.05, 4.69) is 10.3 Å². The van der Waals surface area contributed by atoms with Crippen molar-refractivity contribution in [2.75, 3.05) is 17.3 Å². The highest BCUT2D eigenvalue weighted by atomic mass is 35.5. The molecule has 1 atom stereocenters. The number of benzene rings is 2. The molecule has 0 saturated heterocycles. The highest BCUT2D eigenvalue weighted by molar-refractivity contribution is 6.33. The summed E-state index contributed by atoms with van der Waals surface area (Å²) in [4.78, 5) is 19.0. The first-order valence-corrected chi connectivity index (χ1v) is 8.60. The Morgan fingerprint density at radius 2 is 1.96 bits per heavy atom. The van der Waals surface area contributed by atoms with E-state index < -0.39 is 12.0 Å². The van der Waals surface area contributed by atoms with Crippen LogP contribution in [0.1, 0.15) is 22.2 Å². The summed E-state index contributed by atoms with van der Waals surface area (Å²) < 4.78 is 18.6. The Balaban J connectivity index is 1.77. The number of methoxy groups -OCH3 is 1. The Labute approximate surface area is 160 Å². The molecule has 0 fully saturated rings. The van der Waals surface area contributed by atoms with E-state index in [1.807, 2.05) is 0 Å². The van der Waals surface area contributed by atoms with E-state index in [4.69, 9.17) is 16.3 Å². The number of hydrogen-bond acceptors (Lipinski definition) is 4. The second-order valence-corrected chi connectivity index (χ2v) is 6.39. The van der Waals surface area contributed by atoms with Crippen LogP contribution in [0.25, 0.3) is 0 Å². The lowest BCUT2D eigenvalue weighted by Crippen LogP contribution is -2.32. The molecule has 7 heteroatoms. The van der Waals surface area contributed by atoms with Gasteiger partial charge in [-0.3, -0.25) is 14.7 Å². The molecule has 0 spiro atoms. The SMILES string of the molecule is COc1ccc(N2C(=O)c3cccnc3C2Nc2ccc(F)cc2Cl)cc1. The Hall–Kier alpha value is -3.12. The molecular weight excluding hydrogens is 369 g/mol. The Kier molecular flexibility index (Phi) is 4.41. The standard InChI is InChI=1S/C20H15ClFN3O2/c1-27-14-7-5-13(6-8-14)25-19(18-15(20(25)26)3-2-10-23-18)24-17-9-4-12(22)11-16(17)21/h2-11,19,24H,1H3. The number of carbonyl (C=O) groups excluding carboxylic acids is 1. The Morgan fingerprint density at radius 3 is 2.67 bits per heavy atom. The number of carbonyl (C=O) groups is 1. The van der Waals surface area contributed by atoms with E-state index in [1.54, 1.807) is 54.6 Å². The average molecular weight is 384 g/mol. The summed E-state index contributed by atoms with van der Waals surface area (Å²) in [7, 11) is 1.58. The molecule has 1 unspecified atom stereocenters. The van der Waals surface area contributed by atoms with Crippen LogP contribution in [0.2, 0.25) is 5.02 Å². The van der Waals surface area contributed by atoms with Crippen LogP contribution in [0, 0.1) is 5.82 Å². The molecule has 0 radical (unpaired) electrons. The zero-order chi connectivity index (χ0) is 19.0. The lowest BCUT2D eigenvalue weighted by Gasteiger charge is -2.27. The Bertz CT molecular complexity index is 1010. The van der Waals surface area contributed by atoms with E-state index in [0.717, 1.165) is 0 Å². The number of pyridine rings is 1. The van der Waals surface area contributed by atoms with Gasteiger partial charge in [0.05, 0.1) is 29.1 Å². The van der Waals surface area contributed by atoms with Gasteiger partial charge in [0, 0.05) is 11.9 Å². The molecule has 0 saturated carbocycles. The summed E-state index contributed by atoms with van der Waals surface area (Å²) in [5, 5.41) is 3.44. The van der Waals surface area contributed by atoms with Gasteiger partial charge in [0.15, 0.2) is 6.17 Å². The number of rotatable bonds is 4.